The van der Waals surface area contributed by atoms with Crippen LogP contribution in [0.5, 0.6) is 5.75 Å². The molecule has 1 amide bonds. The van der Waals surface area contributed by atoms with Crippen LogP contribution in [0.1, 0.15) is 13.3 Å². The number of sulfonamides is 1. The van der Waals surface area contributed by atoms with Crippen LogP contribution in [0.2, 0.25) is 0 Å². The van der Waals surface area contributed by atoms with E-state index in [0.29, 0.717) is 25.3 Å². The highest BCUT2D eigenvalue weighted by molar-refractivity contribution is 7.89. The highest BCUT2D eigenvalue weighted by Gasteiger charge is 2.22. The molecule has 2 N–H and O–H groups in total. The number of aliphatic hydroxyl groups excluding tert-OH is 1. The normalized spacial score (nSPS) is 11.5. The summed E-state index contributed by atoms with van der Waals surface area (Å²) >= 11 is 0. The van der Waals surface area contributed by atoms with Gasteiger partial charge in [-0.3, -0.25) is 4.79 Å². The van der Waals surface area contributed by atoms with Crippen LogP contribution in [-0.2, 0) is 14.8 Å². The van der Waals surface area contributed by atoms with Gasteiger partial charge in [0.25, 0.3) is 0 Å². The Balaban J connectivity index is 2.69. The van der Waals surface area contributed by atoms with Crippen molar-refractivity contribution in [2.24, 2.45) is 0 Å². The largest absolute Gasteiger partial charge is 0.494 e. The van der Waals surface area contributed by atoms with Gasteiger partial charge in [-0.15, -0.1) is 0 Å². The minimum atomic E-state index is -3.73. The van der Waals surface area contributed by atoms with Gasteiger partial charge in [-0.05, 0) is 37.6 Å². The fraction of sp³-hybridized carbons (Fsp3) is 0.500. The first-order valence-corrected chi connectivity index (χ1v) is 8.42. The van der Waals surface area contributed by atoms with E-state index < -0.39 is 15.9 Å². The lowest BCUT2D eigenvalue weighted by molar-refractivity contribution is -0.121. The Labute approximate surface area is 130 Å². The minimum absolute atomic E-state index is 0.0272. The first kappa shape index (κ1) is 18.4. The fourth-order valence-corrected chi connectivity index (χ4v) is 2.83. The van der Waals surface area contributed by atoms with Crippen LogP contribution in [0, 0.1) is 0 Å². The molecule has 0 heterocycles. The molecule has 1 aromatic rings. The van der Waals surface area contributed by atoms with E-state index in [1.165, 1.54) is 19.2 Å². The number of likely N-dealkylation sites (N-methyl/N-ethyl adjacent to an activating group) is 1. The summed E-state index contributed by atoms with van der Waals surface area (Å²) in [7, 11) is -2.38. The van der Waals surface area contributed by atoms with Crippen LogP contribution < -0.4 is 10.1 Å². The molecule has 8 heteroatoms. The van der Waals surface area contributed by atoms with Crippen LogP contribution in [0.3, 0.4) is 0 Å². The van der Waals surface area contributed by atoms with Crippen LogP contribution in [-0.4, -0.2) is 57.1 Å². The Hall–Kier alpha value is -1.64. The van der Waals surface area contributed by atoms with E-state index in [9.17, 15) is 13.2 Å². The molecular weight excluding hydrogens is 308 g/mol. The molecule has 0 fully saturated rings. The lowest BCUT2D eigenvalue weighted by atomic mass is 10.3. The molecule has 0 saturated heterocycles. The second-order valence-electron chi connectivity index (χ2n) is 4.59. The van der Waals surface area contributed by atoms with Gasteiger partial charge in [0.05, 0.1) is 18.0 Å². The molecule has 0 saturated carbocycles. The SMILES string of the molecule is CCOc1ccc(S(=O)(=O)N(C)CC(=O)NCCCO)cc1. The molecule has 0 radical (unpaired) electrons. The highest BCUT2D eigenvalue weighted by atomic mass is 32.2. The number of amides is 1. The minimum Gasteiger partial charge on any atom is -0.494 e. The van der Waals surface area contributed by atoms with E-state index in [1.807, 2.05) is 6.92 Å². The summed E-state index contributed by atoms with van der Waals surface area (Å²) in [4.78, 5) is 11.7. The van der Waals surface area contributed by atoms with Crippen molar-refractivity contribution in [3.8, 4) is 5.75 Å². The third-order valence-electron chi connectivity index (χ3n) is 2.87. The van der Waals surface area contributed by atoms with Crippen molar-refractivity contribution in [1.29, 1.82) is 0 Å². The molecule has 0 bridgehead atoms. The average molecular weight is 330 g/mol. The van der Waals surface area contributed by atoms with E-state index in [1.54, 1.807) is 12.1 Å². The molecule has 0 aromatic heterocycles. The zero-order chi connectivity index (χ0) is 16.6. The van der Waals surface area contributed by atoms with Crippen molar-refractivity contribution >= 4 is 15.9 Å². The summed E-state index contributed by atoms with van der Waals surface area (Å²) in [6, 6.07) is 6.04. The van der Waals surface area contributed by atoms with Gasteiger partial charge in [-0.25, -0.2) is 8.42 Å². The smallest absolute Gasteiger partial charge is 0.243 e. The molecule has 1 rings (SSSR count). The standard InChI is InChI=1S/C14H22N2O5S/c1-3-21-12-5-7-13(8-6-12)22(19,20)16(2)11-14(18)15-9-4-10-17/h5-8,17H,3-4,9-11H2,1-2H3,(H,15,18). The van der Waals surface area contributed by atoms with Crippen LogP contribution >= 0.6 is 0 Å². The maximum absolute atomic E-state index is 12.3. The summed E-state index contributed by atoms with van der Waals surface area (Å²) < 4.78 is 30.9. The zero-order valence-electron chi connectivity index (χ0n) is 12.8. The van der Waals surface area contributed by atoms with Gasteiger partial charge in [0.1, 0.15) is 5.75 Å². The van der Waals surface area contributed by atoms with E-state index in [4.69, 9.17) is 9.84 Å². The molecule has 7 nitrogen and oxygen atoms in total. The maximum atomic E-state index is 12.3. The first-order chi connectivity index (χ1) is 10.4. The second kappa shape index (κ2) is 8.72. The van der Waals surface area contributed by atoms with Gasteiger partial charge in [0.15, 0.2) is 0 Å². The van der Waals surface area contributed by atoms with Crippen LogP contribution in [0.25, 0.3) is 0 Å². The zero-order valence-corrected chi connectivity index (χ0v) is 13.6. The maximum Gasteiger partial charge on any atom is 0.243 e. The Morgan fingerprint density at radius 2 is 1.95 bits per heavy atom. The lowest BCUT2D eigenvalue weighted by Crippen LogP contribution is -2.38. The van der Waals surface area contributed by atoms with Crippen LogP contribution in [0.4, 0.5) is 0 Å². The lowest BCUT2D eigenvalue weighted by Gasteiger charge is -2.17. The molecule has 22 heavy (non-hydrogen) atoms. The third-order valence-corrected chi connectivity index (χ3v) is 4.68. The third kappa shape index (κ3) is 5.28. The summed E-state index contributed by atoms with van der Waals surface area (Å²) in [5.41, 5.74) is 0. The first-order valence-electron chi connectivity index (χ1n) is 6.98. The number of hydrogen-bond donors (Lipinski definition) is 2. The number of carbonyl (C=O) groups is 1. The van der Waals surface area contributed by atoms with E-state index in [-0.39, 0.29) is 18.0 Å². The average Bonchev–Trinajstić information content (AvgIpc) is 2.48. The summed E-state index contributed by atoms with van der Waals surface area (Å²) in [5.74, 6) is 0.177. The Bertz CT molecular complexity index is 571. The van der Waals surface area contributed by atoms with Crippen molar-refractivity contribution in [3.05, 3.63) is 24.3 Å². The van der Waals surface area contributed by atoms with Gasteiger partial charge in [-0.2, -0.15) is 4.31 Å². The van der Waals surface area contributed by atoms with Crippen molar-refractivity contribution in [3.63, 3.8) is 0 Å². The van der Waals surface area contributed by atoms with Gasteiger partial charge in [0.2, 0.25) is 15.9 Å². The molecule has 0 unspecified atom stereocenters. The molecule has 0 spiro atoms. The van der Waals surface area contributed by atoms with Gasteiger partial charge >= 0.3 is 0 Å². The Morgan fingerprint density at radius 1 is 1.32 bits per heavy atom. The Kier molecular flexibility index (Phi) is 7.30. The van der Waals surface area contributed by atoms with E-state index in [2.05, 4.69) is 5.32 Å². The quantitative estimate of drug-likeness (QED) is 0.631. The second-order valence-corrected chi connectivity index (χ2v) is 6.64. The number of benzene rings is 1. The molecule has 1 aromatic carbocycles. The van der Waals surface area contributed by atoms with E-state index >= 15 is 0 Å². The number of nitrogens with zero attached hydrogens (tertiary/aromatic N) is 1. The van der Waals surface area contributed by atoms with Crippen LogP contribution in [0.15, 0.2) is 29.2 Å². The van der Waals surface area contributed by atoms with E-state index in [0.717, 1.165) is 4.31 Å². The number of hydrogen-bond acceptors (Lipinski definition) is 5. The topological polar surface area (TPSA) is 95.9 Å². The molecule has 0 atom stereocenters. The Morgan fingerprint density at radius 3 is 2.50 bits per heavy atom. The van der Waals surface area contributed by atoms with Crippen molar-refractivity contribution in [2.45, 2.75) is 18.2 Å². The fourth-order valence-electron chi connectivity index (χ4n) is 1.70. The van der Waals surface area contributed by atoms with Gasteiger partial charge in [0, 0.05) is 20.2 Å². The summed E-state index contributed by atoms with van der Waals surface area (Å²) in [6.45, 7) is 2.35. The van der Waals surface area contributed by atoms with Crippen molar-refractivity contribution in [1.82, 2.24) is 9.62 Å². The molecule has 124 valence electrons. The van der Waals surface area contributed by atoms with Crippen molar-refractivity contribution in [2.75, 3.05) is 33.4 Å². The number of aliphatic hydroxyl groups is 1. The molecule has 0 aliphatic rings. The van der Waals surface area contributed by atoms with Gasteiger partial charge in [-0.1, -0.05) is 0 Å². The number of ether oxygens (including phenoxy) is 1. The predicted octanol–water partition coefficient (Wildman–Crippen LogP) is 0.204. The number of carbonyl (C=O) groups excluding carboxylic acids is 1. The van der Waals surface area contributed by atoms with Crippen molar-refractivity contribution < 1.29 is 23.1 Å². The predicted molar refractivity (Wildman–Crippen MR) is 82.1 cm³/mol. The summed E-state index contributed by atoms with van der Waals surface area (Å²) in [5, 5.41) is 11.2. The number of nitrogens with one attached hydrogen (secondary N) is 1. The summed E-state index contributed by atoms with van der Waals surface area (Å²) in [6.07, 6.45) is 0.432. The monoisotopic (exact) mass is 330 g/mol. The molecule has 0 aliphatic carbocycles. The highest BCUT2D eigenvalue weighted by Crippen LogP contribution is 2.18. The van der Waals surface area contributed by atoms with Gasteiger partial charge < -0.3 is 15.2 Å². The molecular formula is C14H22N2O5S. The number of rotatable bonds is 9. The molecule has 0 aliphatic heterocycles.